The number of thiophene rings is 1. The monoisotopic (exact) mass is 353 g/mol. The second kappa shape index (κ2) is 6.31. The molecule has 0 saturated heterocycles. The first kappa shape index (κ1) is 16.0. The minimum Gasteiger partial charge on any atom is -0.465 e. The highest BCUT2D eigenvalue weighted by Crippen LogP contribution is 2.38. The van der Waals surface area contributed by atoms with Crippen LogP contribution >= 0.6 is 11.3 Å². The first-order valence-corrected chi connectivity index (χ1v) is 9.21. The maximum atomic E-state index is 12.5. The number of carbonyl (C=O) groups excluding carboxylic acids is 1. The number of sulfonamides is 1. The van der Waals surface area contributed by atoms with Crippen LogP contribution in [0.4, 0.5) is 5.00 Å². The van der Waals surface area contributed by atoms with Gasteiger partial charge in [0.1, 0.15) is 10.6 Å². The van der Waals surface area contributed by atoms with Crippen LogP contribution in [0.3, 0.4) is 0 Å². The summed E-state index contributed by atoms with van der Waals surface area (Å²) in [5.41, 5.74) is 0.950. The second-order valence-electron chi connectivity index (χ2n) is 4.92. The molecule has 1 aromatic carbocycles. The van der Waals surface area contributed by atoms with Crippen LogP contribution in [-0.4, -0.2) is 28.1 Å². The number of esters is 1. The third-order valence-electron chi connectivity index (χ3n) is 3.48. The minimum absolute atomic E-state index is 0.137. The van der Waals surface area contributed by atoms with Crippen LogP contribution in [0.2, 0.25) is 0 Å². The van der Waals surface area contributed by atoms with Crippen molar-refractivity contribution in [2.75, 3.05) is 18.4 Å². The molecule has 0 spiro atoms. The molecule has 1 N–H and O–H groups in total. The Hall–Kier alpha value is -1.90. The van der Waals surface area contributed by atoms with Gasteiger partial charge >= 0.3 is 5.97 Å². The molecule has 1 aliphatic heterocycles. The lowest BCUT2D eigenvalue weighted by atomic mass is 10.1. The molecule has 0 radical (unpaired) electrons. The summed E-state index contributed by atoms with van der Waals surface area (Å²) in [7, 11) is -2.50. The zero-order chi connectivity index (χ0) is 16.4. The van der Waals surface area contributed by atoms with Crippen molar-refractivity contribution in [1.29, 1.82) is 0 Å². The Labute approximate surface area is 138 Å². The molecule has 8 heteroatoms. The minimum atomic E-state index is -3.77. The summed E-state index contributed by atoms with van der Waals surface area (Å²) in [5, 5.41) is 0.274. The quantitative estimate of drug-likeness (QED) is 0.854. The molecule has 0 fully saturated rings. The molecular formula is C15H15NO5S2. The molecule has 0 saturated carbocycles. The molecule has 6 nitrogen and oxygen atoms in total. The fourth-order valence-corrected chi connectivity index (χ4v) is 4.88. The van der Waals surface area contributed by atoms with Gasteiger partial charge in [0.05, 0.1) is 25.2 Å². The SMILES string of the molecule is COC(=O)c1c(NS(=O)(=O)c2ccccc2)sc2c1COCC2. The highest BCUT2D eigenvalue weighted by Gasteiger charge is 2.29. The lowest BCUT2D eigenvalue weighted by molar-refractivity contribution is 0.0591. The van der Waals surface area contributed by atoms with E-state index in [1.807, 2.05) is 0 Å². The van der Waals surface area contributed by atoms with Crippen molar-refractivity contribution < 1.29 is 22.7 Å². The third kappa shape index (κ3) is 3.10. The maximum absolute atomic E-state index is 12.5. The Morgan fingerprint density at radius 3 is 2.74 bits per heavy atom. The summed E-state index contributed by atoms with van der Waals surface area (Å²) in [6.45, 7) is 0.836. The van der Waals surface area contributed by atoms with E-state index in [0.29, 0.717) is 18.6 Å². The predicted molar refractivity (Wildman–Crippen MR) is 86.3 cm³/mol. The molecule has 0 atom stereocenters. The van der Waals surface area contributed by atoms with Gasteiger partial charge in [0.2, 0.25) is 0 Å². The van der Waals surface area contributed by atoms with Crippen LogP contribution in [0, 0.1) is 0 Å². The van der Waals surface area contributed by atoms with Gasteiger partial charge in [-0.3, -0.25) is 4.72 Å². The zero-order valence-electron chi connectivity index (χ0n) is 12.4. The van der Waals surface area contributed by atoms with Gasteiger partial charge in [-0.2, -0.15) is 0 Å². The Morgan fingerprint density at radius 2 is 2.04 bits per heavy atom. The van der Waals surface area contributed by atoms with Crippen molar-refractivity contribution in [3.63, 3.8) is 0 Å². The highest BCUT2D eigenvalue weighted by atomic mass is 32.2. The van der Waals surface area contributed by atoms with Crippen LogP contribution in [0.25, 0.3) is 0 Å². The molecule has 2 heterocycles. The van der Waals surface area contributed by atoms with Crippen LogP contribution in [0.5, 0.6) is 0 Å². The van der Waals surface area contributed by atoms with E-state index < -0.39 is 16.0 Å². The largest absolute Gasteiger partial charge is 0.465 e. The van der Waals surface area contributed by atoms with E-state index in [0.717, 1.165) is 4.88 Å². The Bertz CT molecular complexity index is 827. The highest BCUT2D eigenvalue weighted by molar-refractivity contribution is 7.93. The van der Waals surface area contributed by atoms with Gasteiger partial charge in [0.25, 0.3) is 10.0 Å². The van der Waals surface area contributed by atoms with Crippen LogP contribution in [0.15, 0.2) is 35.2 Å². The number of hydrogen-bond acceptors (Lipinski definition) is 6. The Kier molecular flexibility index (Phi) is 4.38. The van der Waals surface area contributed by atoms with E-state index >= 15 is 0 Å². The number of rotatable bonds is 4. The van der Waals surface area contributed by atoms with Crippen molar-refractivity contribution >= 4 is 32.3 Å². The number of benzene rings is 1. The molecule has 1 aromatic heterocycles. The molecule has 1 aliphatic rings. The van der Waals surface area contributed by atoms with Crippen LogP contribution in [0.1, 0.15) is 20.8 Å². The predicted octanol–water partition coefficient (Wildman–Crippen LogP) is 2.41. The lowest BCUT2D eigenvalue weighted by Gasteiger charge is -2.13. The fourth-order valence-electron chi connectivity index (χ4n) is 2.38. The fraction of sp³-hybridized carbons (Fsp3) is 0.267. The molecule has 0 bridgehead atoms. The molecule has 2 aromatic rings. The van der Waals surface area contributed by atoms with E-state index in [1.54, 1.807) is 18.2 Å². The third-order valence-corrected chi connectivity index (χ3v) is 6.18. The van der Waals surface area contributed by atoms with Gasteiger partial charge in [0.15, 0.2) is 0 Å². The number of nitrogens with one attached hydrogen (secondary N) is 1. The summed E-state index contributed by atoms with van der Waals surface area (Å²) < 4.78 is 37.7. The van der Waals surface area contributed by atoms with E-state index in [1.165, 1.54) is 30.6 Å². The maximum Gasteiger partial charge on any atom is 0.341 e. The van der Waals surface area contributed by atoms with E-state index in [2.05, 4.69) is 4.72 Å². The molecular weight excluding hydrogens is 338 g/mol. The van der Waals surface area contributed by atoms with Crippen molar-refractivity contribution in [3.05, 3.63) is 46.3 Å². The van der Waals surface area contributed by atoms with Crippen LogP contribution < -0.4 is 4.72 Å². The van der Waals surface area contributed by atoms with Crippen molar-refractivity contribution in [2.24, 2.45) is 0 Å². The number of ether oxygens (including phenoxy) is 2. The summed E-state index contributed by atoms with van der Waals surface area (Å²) in [4.78, 5) is 13.2. The number of hydrogen-bond donors (Lipinski definition) is 1. The summed E-state index contributed by atoms with van der Waals surface area (Å²) in [5.74, 6) is -0.571. The molecule has 122 valence electrons. The van der Waals surface area contributed by atoms with E-state index in [9.17, 15) is 13.2 Å². The molecule has 23 heavy (non-hydrogen) atoms. The second-order valence-corrected chi connectivity index (χ2v) is 7.71. The zero-order valence-corrected chi connectivity index (χ0v) is 14.0. The number of carbonyl (C=O) groups is 1. The Morgan fingerprint density at radius 1 is 1.30 bits per heavy atom. The standard InChI is InChI=1S/C15H15NO5S2/c1-20-15(17)13-11-9-21-8-7-12(11)22-14(13)16-23(18,19)10-5-3-2-4-6-10/h2-6,16H,7-9H2,1H3. The molecule has 0 amide bonds. The number of anilines is 1. The summed E-state index contributed by atoms with van der Waals surface area (Å²) in [6.07, 6.45) is 0.650. The first-order valence-electron chi connectivity index (χ1n) is 6.91. The lowest BCUT2D eigenvalue weighted by Crippen LogP contribution is -2.16. The van der Waals surface area contributed by atoms with Gasteiger partial charge in [-0.05, 0) is 12.1 Å². The smallest absolute Gasteiger partial charge is 0.341 e. The number of methoxy groups -OCH3 is 1. The van der Waals surface area contributed by atoms with Crippen molar-refractivity contribution in [3.8, 4) is 0 Å². The van der Waals surface area contributed by atoms with Gasteiger partial charge in [-0.15, -0.1) is 11.3 Å². The van der Waals surface area contributed by atoms with E-state index in [-0.39, 0.29) is 22.1 Å². The molecule has 0 unspecified atom stereocenters. The molecule has 0 aliphatic carbocycles. The van der Waals surface area contributed by atoms with Crippen LogP contribution in [-0.2, 0) is 32.5 Å². The first-order chi connectivity index (χ1) is 11.0. The van der Waals surface area contributed by atoms with Crippen molar-refractivity contribution in [2.45, 2.75) is 17.9 Å². The molecule has 3 rings (SSSR count). The average molecular weight is 353 g/mol. The average Bonchev–Trinajstić information content (AvgIpc) is 2.92. The number of fused-ring (bicyclic) bond motifs is 1. The van der Waals surface area contributed by atoms with Gasteiger partial charge in [0, 0.05) is 16.9 Å². The van der Waals surface area contributed by atoms with Crippen molar-refractivity contribution in [1.82, 2.24) is 0 Å². The normalized spacial score (nSPS) is 14.1. The summed E-state index contributed by atoms with van der Waals surface area (Å²) in [6, 6.07) is 8.01. The topological polar surface area (TPSA) is 81.7 Å². The van der Waals surface area contributed by atoms with Gasteiger partial charge in [-0.25, -0.2) is 13.2 Å². The Balaban J connectivity index is 2.03. The summed E-state index contributed by atoms with van der Waals surface area (Å²) >= 11 is 1.26. The van der Waals surface area contributed by atoms with Gasteiger partial charge < -0.3 is 9.47 Å². The van der Waals surface area contributed by atoms with Gasteiger partial charge in [-0.1, -0.05) is 18.2 Å². The van der Waals surface area contributed by atoms with E-state index in [4.69, 9.17) is 9.47 Å².